The van der Waals surface area contributed by atoms with Crippen molar-refractivity contribution >= 4 is 44.2 Å². The predicted octanol–water partition coefficient (Wildman–Crippen LogP) is 7.08. The lowest BCUT2D eigenvalue weighted by Gasteiger charge is -2.33. The number of amides is 1. The number of likely N-dealkylation sites (tertiary alicyclic amines) is 1. The third-order valence-corrected chi connectivity index (χ3v) is 10.8. The Morgan fingerprint density at radius 2 is 1.88 bits per heavy atom. The number of pyridine rings is 1. The van der Waals surface area contributed by atoms with Crippen LogP contribution in [0.4, 0.5) is 10.2 Å². The summed E-state index contributed by atoms with van der Waals surface area (Å²) in [6.07, 6.45) is 4.40. The van der Waals surface area contributed by atoms with Crippen molar-refractivity contribution < 1.29 is 18.7 Å². The molecule has 0 spiro atoms. The second-order valence-electron chi connectivity index (χ2n) is 12.8. The van der Waals surface area contributed by atoms with Crippen LogP contribution in [0, 0.1) is 18.8 Å². The molecule has 1 aromatic carbocycles. The maximum atomic E-state index is 14.4. The molecule has 0 unspecified atom stereocenters. The van der Waals surface area contributed by atoms with E-state index in [-0.39, 0.29) is 18.4 Å². The Hall–Kier alpha value is -3.17. The van der Waals surface area contributed by atoms with Crippen molar-refractivity contribution in [1.29, 1.82) is 0 Å². The Balaban J connectivity index is 1.29. The first kappa shape index (κ1) is 28.6. The summed E-state index contributed by atoms with van der Waals surface area (Å²) in [4.78, 5) is 24.0. The summed E-state index contributed by atoms with van der Waals surface area (Å²) in [6, 6.07) is 10.5. The summed E-state index contributed by atoms with van der Waals surface area (Å²) in [5.41, 5.74) is 3.91. The maximum absolute atomic E-state index is 14.4. The van der Waals surface area contributed by atoms with E-state index in [9.17, 15) is 9.18 Å². The average molecular weight is 605 g/mol. The molecule has 2 atom stereocenters. The second kappa shape index (κ2) is 11.4. The molecule has 3 aromatic heterocycles. The fourth-order valence-corrected chi connectivity index (χ4v) is 8.33. The van der Waals surface area contributed by atoms with Crippen molar-refractivity contribution in [3.05, 3.63) is 41.5 Å². The van der Waals surface area contributed by atoms with E-state index in [1.807, 2.05) is 19.1 Å². The third-order valence-electron chi connectivity index (χ3n) is 9.56. The zero-order chi connectivity index (χ0) is 29.8. The summed E-state index contributed by atoms with van der Waals surface area (Å²) in [5.74, 6) is 2.42. The number of fused-ring (bicyclic) bond motifs is 2. The van der Waals surface area contributed by atoms with Crippen LogP contribution < -0.4 is 9.64 Å². The normalized spacial score (nSPS) is 21.7. The van der Waals surface area contributed by atoms with Crippen LogP contribution in [-0.2, 0) is 11.3 Å². The number of carbonyl (C=O) groups is 1. The van der Waals surface area contributed by atoms with E-state index in [0.29, 0.717) is 36.3 Å². The molecule has 0 N–H and O–H groups in total. The molecule has 0 bridgehead atoms. The molecule has 43 heavy (non-hydrogen) atoms. The van der Waals surface area contributed by atoms with E-state index in [1.54, 1.807) is 30.5 Å². The van der Waals surface area contributed by atoms with Gasteiger partial charge in [-0.05, 0) is 86.8 Å². The summed E-state index contributed by atoms with van der Waals surface area (Å²) in [6.45, 7) is 7.74. The van der Waals surface area contributed by atoms with Crippen molar-refractivity contribution in [2.24, 2.45) is 11.8 Å². The topological polar surface area (TPSA) is 59.8 Å². The van der Waals surface area contributed by atoms with Gasteiger partial charge in [-0.3, -0.25) is 4.79 Å². The minimum atomic E-state index is -0.978. The molecule has 4 aromatic rings. The number of piperidine rings is 2. The molecule has 2 saturated heterocycles. The fourth-order valence-electron chi connectivity index (χ4n) is 7.04. The number of aryl methyl sites for hydroxylation is 1. The summed E-state index contributed by atoms with van der Waals surface area (Å²) in [5, 5.41) is 2.18. The number of benzene rings is 1. The standard InChI is InChI=1S/C34H41FN4O3S/c1-20-13-25(35)19-38(17-20)34(40)24-15-28(42-4)31-21(2)32(43-29(31)16-24)27-14-23-7-8-30(37-11-9-26(41-3)10-12-37)36-33(23)39(27)18-22-5-6-22/h7-8,14-16,20,22,25-26H,5-6,9-13,17-19H2,1-4H3/t20-,25-/m1/s1. The van der Waals surface area contributed by atoms with Gasteiger partial charge in [0.1, 0.15) is 23.4 Å². The Morgan fingerprint density at radius 1 is 1.09 bits per heavy atom. The van der Waals surface area contributed by atoms with Gasteiger partial charge in [0.25, 0.3) is 5.91 Å². The molecule has 1 amide bonds. The van der Waals surface area contributed by atoms with Gasteiger partial charge < -0.3 is 23.8 Å². The van der Waals surface area contributed by atoms with Crippen LogP contribution in [-0.4, -0.2) is 73.0 Å². The molecule has 7 nitrogen and oxygen atoms in total. The predicted molar refractivity (Wildman–Crippen MR) is 171 cm³/mol. The van der Waals surface area contributed by atoms with Crippen LogP contribution in [0.25, 0.3) is 31.7 Å². The van der Waals surface area contributed by atoms with E-state index >= 15 is 0 Å². The van der Waals surface area contributed by atoms with Gasteiger partial charge in [0.15, 0.2) is 0 Å². The summed E-state index contributed by atoms with van der Waals surface area (Å²) in [7, 11) is 3.46. The first-order valence-electron chi connectivity index (χ1n) is 15.7. The number of nitrogens with zero attached hydrogens (tertiary/aromatic N) is 4. The number of hydrogen-bond donors (Lipinski definition) is 0. The number of anilines is 1. The van der Waals surface area contributed by atoms with Crippen molar-refractivity contribution in [2.45, 2.75) is 64.8 Å². The molecule has 228 valence electrons. The van der Waals surface area contributed by atoms with E-state index in [0.717, 1.165) is 65.0 Å². The van der Waals surface area contributed by atoms with Gasteiger partial charge in [0, 0.05) is 54.3 Å². The number of hydrogen-bond acceptors (Lipinski definition) is 6. The molecule has 0 radical (unpaired) electrons. The molecule has 3 fully saturated rings. The first-order chi connectivity index (χ1) is 20.8. The van der Waals surface area contributed by atoms with Crippen LogP contribution in [0.2, 0.25) is 0 Å². The quantitative estimate of drug-likeness (QED) is 0.226. The average Bonchev–Trinajstić information content (AvgIpc) is 3.68. The molecule has 7 rings (SSSR count). The Morgan fingerprint density at radius 3 is 2.58 bits per heavy atom. The van der Waals surface area contributed by atoms with Crippen molar-refractivity contribution in [1.82, 2.24) is 14.5 Å². The molecule has 1 saturated carbocycles. The summed E-state index contributed by atoms with van der Waals surface area (Å²) >= 11 is 1.70. The minimum absolute atomic E-state index is 0.129. The number of ether oxygens (including phenoxy) is 2. The highest BCUT2D eigenvalue weighted by Crippen LogP contribution is 2.45. The number of thiophene rings is 1. The van der Waals surface area contributed by atoms with Gasteiger partial charge in [-0.1, -0.05) is 6.92 Å². The van der Waals surface area contributed by atoms with Crippen LogP contribution in [0.1, 0.15) is 54.9 Å². The molecule has 5 heterocycles. The Kier molecular flexibility index (Phi) is 7.58. The second-order valence-corrected chi connectivity index (χ2v) is 13.9. The highest BCUT2D eigenvalue weighted by Gasteiger charge is 2.30. The largest absolute Gasteiger partial charge is 0.496 e. The highest BCUT2D eigenvalue weighted by molar-refractivity contribution is 7.22. The monoisotopic (exact) mass is 604 g/mol. The number of methoxy groups -OCH3 is 2. The highest BCUT2D eigenvalue weighted by atomic mass is 32.1. The van der Waals surface area contributed by atoms with E-state index in [4.69, 9.17) is 14.5 Å². The lowest BCUT2D eigenvalue weighted by atomic mass is 9.98. The van der Waals surface area contributed by atoms with E-state index < -0.39 is 6.17 Å². The lowest BCUT2D eigenvalue weighted by Crippen LogP contribution is -2.44. The molecular formula is C34H41FN4O3S. The van der Waals surface area contributed by atoms with Crippen LogP contribution >= 0.6 is 11.3 Å². The maximum Gasteiger partial charge on any atom is 0.254 e. The zero-order valence-electron chi connectivity index (χ0n) is 25.6. The molecule has 1 aliphatic carbocycles. The molecule has 9 heteroatoms. The number of alkyl halides is 1. The van der Waals surface area contributed by atoms with Gasteiger partial charge in [-0.25, -0.2) is 9.37 Å². The number of aromatic nitrogens is 2. The fraction of sp³-hybridized carbons (Fsp3) is 0.529. The van der Waals surface area contributed by atoms with Gasteiger partial charge in [-0.15, -0.1) is 11.3 Å². The zero-order valence-corrected chi connectivity index (χ0v) is 26.4. The van der Waals surface area contributed by atoms with Gasteiger partial charge in [0.05, 0.1) is 30.3 Å². The van der Waals surface area contributed by atoms with Gasteiger partial charge in [0.2, 0.25) is 0 Å². The SMILES string of the molecule is COc1cc(C(=O)N2C[C@H](C)C[C@@H](F)C2)cc2sc(-c3cc4ccc(N5CCC(OC)CC5)nc4n3CC3CC3)c(C)c12. The van der Waals surface area contributed by atoms with E-state index in [2.05, 4.69) is 34.6 Å². The Bertz CT molecular complexity index is 1660. The van der Waals surface area contributed by atoms with Crippen molar-refractivity contribution in [2.75, 3.05) is 45.3 Å². The first-order valence-corrected chi connectivity index (χ1v) is 16.5. The molecule has 3 aliphatic rings. The van der Waals surface area contributed by atoms with Crippen LogP contribution in [0.15, 0.2) is 30.3 Å². The summed E-state index contributed by atoms with van der Waals surface area (Å²) < 4.78 is 29.2. The number of halogens is 1. The number of carbonyl (C=O) groups excluding carboxylic acids is 1. The van der Waals surface area contributed by atoms with Crippen LogP contribution in [0.5, 0.6) is 5.75 Å². The molecular weight excluding hydrogens is 563 g/mol. The van der Waals surface area contributed by atoms with Gasteiger partial charge in [-0.2, -0.15) is 0 Å². The van der Waals surface area contributed by atoms with E-state index in [1.165, 1.54) is 23.4 Å². The Labute approximate surface area is 256 Å². The lowest BCUT2D eigenvalue weighted by molar-refractivity contribution is 0.0555. The van der Waals surface area contributed by atoms with Crippen molar-refractivity contribution in [3.8, 4) is 16.3 Å². The third kappa shape index (κ3) is 5.39. The van der Waals surface area contributed by atoms with Crippen molar-refractivity contribution in [3.63, 3.8) is 0 Å². The van der Waals surface area contributed by atoms with Crippen LogP contribution in [0.3, 0.4) is 0 Å². The molecule has 2 aliphatic heterocycles. The smallest absolute Gasteiger partial charge is 0.254 e. The minimum Gasteiger partial charge on any atom is -0.496 e. The number of rotatable bonds is 7. The van der Waals surface area contributed by atoms with Gasteiger partial charge >= 0.3 is 0 Å².